The Balaban J connectivity index is 1.23. The molecule has 1 aliphatic heterocycles. The normalized spacial score (nSPS) is 13.3. The fourth-order valence-electron chi connectivity index (χ4n) is 5.37. The molecule has 0 atom stereocenters. The van der Waals surface area contributed by atoms with Gasteiger partial charge < -0.3 is 9.64 Å². The van der Waals surface area contributed by atoms with Crippen LogP contribution >= 0.6 is 0 Å². The Morgan fingerprint density at radius 2 is 1.80 bits per heavy atom. The van der Waals surface area contributed by atoms with E-state index >= 15 is 0 Å². The van der Waals surface area contributed by atoms with E-state index in [0.717, 1.165) is 58.4 Å². The summed E-state index contributed by atoms with van der Waals surface area (Å²) in [5, 5.41) is 4.52. The number of amides is 1. The first kappa shape index (κ1) is 33.1. The highest BCUT2D eigenvalue weighted by Gasteiger charge is 2.25. The lowest BCUT2D eigenvalue weighted by Crippen LogP contribution is -2.35. The summed E-state index contributed by atoms with van der Waals surface area (Å²) in [4.78, 5) is 16.7. The van der Waals surface area contributed by atoms with E-state index in [4.69, 9.17) is 4.74 Å². The first-order valence-electron chi connectivity index (χ1n) is 14.8. The highest BCUT2D eigenvalue weighted by Crippen LogP contribution is 2.36. The average molecular weight is 668 g/mol. The van der Waals surface area contributed by atoms with Crippen molar-refractivity contribution in [3.63, 3.8) is 0 Å². The second-order valence-electron chi connectivity index (χ2n) is 11.2. The van der Waals surface area contributed by atoms with Gasteiger partial charge in [0.2, 0.25) is 5.91 Å². The van der Waals surface area contributed by atoms with Crippen LogP contribution in [-0.2, 0) is 42.4 Å². The zero-order valence-electron chi connectivity index (χ0n) is 25.9. The number of carbonyl (C=O) groups excluding carboxylic acids is 1. The van der Waals surface area contributed by atoms with Crippen molar-refractivity contribution in [2.45, 2.75) is 46.1 Å². The minimum atomic E-state index is -4.29. The molecule has 0 radical (unpaired) electrons. The Bertz CT molecular complexity index is 1940. The third kappa shape index (κ3) is 8.51. The summed E-state index contributed by atoms with van der Waals surface area (Å²) in [6.45, 7) is 5.58. The molecule has 1 aliphatic rings. The van der Waals surface area contributed by atoms with Gasteiger partial charge in [-0.05, 0) is 85.2 Å². The van der Waals surface area contributed by atoms with Crippen LogP contribution in [0.2, 0.25) is 0 Å². The quantitative estimate of drug-likeness (QED) is 0.157. The largest absolute Gasteiger partial charge is 0.493 e. The third-order valence-electron chi connectivity index (χ3n) is 7.66. The van der Waals surface area contributed by atoms with Gasteiger partial charge in [-0.15, -0.1) is 0 Å². The molecule has 46 heavy (non-hydrogen) atoms. The van der Waals surface area contributed by atoms with Crippen molar-refractivity contribution in [1.82, 2.24) is 14.7 Å². The van der Waals surface area contributed by atoms with Crippen LogP contribution in [-0.4, -0.2) is 51.9 Å². The predicted octanol–water partition coefficient (Wildman–Crippen LogP) is 4.49. The SMILES string of the molecule is Cc1cccc(OCCCC(=O)N2CCCc3c(-c4cnn(Cc5cccc(NS(=O)(=O)NOS(C)(=O)=O)c5)c4)cccc32)c1C. The van der Waals surface area contributed by atoms with E-state index in [1.54, 1.807) is 23.0 Å². The molecule has 1 amide bonds. The van der Waals surface area contributed by atoms with Gasteiger partial charge in [-0.3, -0.25) is 14.2 Å². The monoisotopic (exact) mass is 667 g/mol. The zero-order chi connectivity index (χ0) is 32.9. The summed E-state index contributed by atoms with van der Waals surface area (Å²) in [7, 11) is -8.30. The number of fused-ring (bicyclic) bond motifs is 1. The summed E-state index contributed by atoms with van der Waals surface area (Å²) in [6, 6.07) is 18.6. The summed E-state index contributed by atoms with van der Waals surface area (Å²) in [6.07, 6.45) is 7.13. The van der Waals surface area contributed by atoms with Gasteiger partial charge in [-0.1, -0.05) is 41.3 Å². The maximum absolute atomic E-state index is 13.3. The molecule has 4 aromatic rings. The van der Waals surface area contributed by atoms with Crippen molar-refractivity contribution < 1.29 is 30.7 Å². The number of aromatic nitrogens is 2. The molecule has 0 aliphatic carbocycles. The molecule has 12 nitrogen and oxygen atoms in total. The number of nitrogens with one attached hydrogen (secondary N) is 2. The highest BCUT2D eigenvalue weighted by atomic mass is 32.2. The van der Waals surface area contributed by atoms with Crippen molar-refractivity contribution in [3.05, 3.63) is 95.3 Å². The van der Waals surface area contributed by atoms with Gasteiger partial charge in [0.15, 0.2) is 0 Å². The molecule has 0 fully saturated rings. The van der Waals surface area contributed by atoms with Gasteiger partial charge in [-0.25, -0.2) is 0 Å². The summed E-state index contributed by atoms with van der Waals surface area (Å²) in [5.74, 6) is 0.930. The van der Waals surface area contributed by atoms with E-state index in [1.807, 2.05) is 54.4 Å². The Labute approximate surface area is 269 Å². The van der Waals surface area contributed by atoms with Gasteiger partial charge in [0.1, 0.15) is 5.75 Å². The molecule has 0 bridgehead atoms. The second kappa shape index (κ2) is 14.0. The van der Waals surface area contributed by atoms with E-state index in [0.29, 0.717) is 32.5 Å². The smallest absolute Gasteiger partial charge is 0.322 e. The van der Waals surface area contributed by atoms with Gasteiger partial charge in [0.05, 0.1) is 31.3 Å². The Hall–Kier alpha value is -4.24. The van der Waals surface area contributed by atoms with Crippen LogP contribution in [0, 0.1) is 13.8 Å². The van der Waals surface area contributed by atoms with Gasteiger partial charge in [0, 0.05) is 30.4 Å². The number of hydrogen-bond donors (Lipinski definition) is 2. The number of aryl methyl sites for hydroxylation is 1. The van der Waals surface area contributed by atoms with Crippen molar-refractivity contribution in [1.29, 1.82) is 0 Å². The molecule has 244 valence electrons. The molecule has 0 saturated heterocycles. The molecule has 2 N–H and O–H groups in total. The summed E-state index contributed by atoms with van der Waals surface area (Å²) < 4.78 is 60.6. The maximum Gasteiger partial charge on any atom is 0.322 e. The number of hydrogen-bond acceptors (Lipinski definition) is 8. The zero-order valence-corrected chi connectivity index (χ0v) is 27.5. The molecular weight excluding hydrogens is 631 g/mol. The number of rotatable bonds is 13. The molecule has 0 unspecified atom stereocenters. The standard InChI is InChI=1S/C32H37N5O7S2/c1-23-9-4-15-31(24(23)2)43-18-8-16-32(38)37-17-7-13-29-28(12-6-14-30(29)37)26-20-33-36(22-26)21-25-10-5-11-27(19-25)34-46(41,42)35-44-45(3,39)40/h4-6,9-12,14-15,19-20,22,34-35H,7-8,13,16-18,21H2,1-3H3. The van der Waals surface area contributed by atoms with Crippen LogP contribution < -0.4 is 19.2 Å². The van der Waals surface area contributed by atoms with Gasteiger partial charge >= 0.3 is 10.2 Å². The van der Waals surface area contributed by atoms with Gasteiger partial charge in [0.25, 0.3) is 10.1 Å². The topological polar surface area (TPSA) is 149 Å². The number of benzene rings is 3. The maximum atomic E-state index is 13.3. The van der Waals surface area contributed by atoms with E-state index in [-0.39, 0.29) is 11.6 Å². The van der Waals surface area contributed by atoms with Crippen LogP contribution in [0.3, 0.4) is 0 Å². The molecule has 5 rings (SSSR count). The average Bonchev–Trinajstić information content (AvgIpc) is 3.47. The van der Waals surface area contributed by atoms with Crippen molar-refractivity contribution >= 4 is 37.6 Å². The van der Waals surface area contributed by atoms with E-state index in [9.17, 15) is 21.6 Å². The van der Waals surface area contributed by atoms with E-state index in [1.165, 1.54) is 16.5 Å². The fourth-order valence-corrected chi connectivity index (χ4v) is 6.70. The molecule has 3 aromatic carbocycles. The number of ether oxygens (including phenoxy) is 1. The lowest BCUT2D eigenvalue weighted by atomic mass is 9.93. The first-order chi connectivity index (χ1) is 21.9. The van der Waals surface area contributed by atoms with Crippen LogP contribution in [0.15, 0.2) is 73.1 Å². The first-order valence-corrected chi connectivity index (χ1v) is 18.1. The molecule has 0 spiro atoms. The Kier molecular flexibility index (Phi) is 10.1. The van der Waals surface area contributed by atoms with E-state index in [2.05, 4.69) is 27.1 Å². The van der Waals surface area contributed by atoms with Crippen LogP contribution in [0.25, 0.3) is 11.1 Å². The molecule has 14 heteroatoms. The lowest BCUT2D eigenvalue weighted by molar-refractivity contribution is -0.118. The summed E-state index contributed by atoms with van der Waals surface area (Å²) >= 11 is 0. The van der Waals surface area contributed by atoms with Crippen molar-refractivity contribution in [2.24, 2.45) is 0 Å². The fraction of sp³-hybridized carbons (Fsp3) is 0.312. The minimum Gasteiger partial charge on any atom is -0.493 e. The van der Waals surface area contributed by atoms with Crippen molar-refractivity contribution in [2.75, 3.05) is 29.0 Å². The third-order valence-corrected chi connectivity index (χ3v) is 8.96. The minimum absolute atomic E-state index is 0.0759. The highest BCUT2D eigenvalue weighted by molar-refractivity contribution is 7.91. The molecule has 2 heterocycles. The molecular formula is C32H37N5O7S2. The Morgan fingerprint density at radius 3 is 2.61 bits per heavy atom. The van der Waals surface area contributed by atoms with Crippen LogP contribution in [0.5, 0.6) is 5.75 Å². The predicted molar refractivity (Wildman–Crippen MR) is 176 cm³/mol. The number of nitrogens with zero attached hydrogens (tertiary/aromatic N) is 3. The lowest BCUT2D eigenvalue weighted by Gasteiger charge is -2.31. The molecule has 1 aromatic heterocycles. The number of anilines is 2. The van der Waals surface area contributed by atoms with Crippen LogP contribution in [0.4, 0.5) is 11.4 Å². The number of carbonyl (C=O) groups is 1. The van der Waals surface area contributed by atoms with E-state index < -0.39 is 20.3 Å². The van der Waals surface area contributed by atoms with Crippen molar-refractivity contribution in [3.8, 4) is 16.9 Å². The van der Waals surface area contributed by atoms with Crippen LogP contribution in [0.1, 0.15) is 41.5 Å². The molecule has 0 saturated carbocycles. The van der Waals surface area contributed by atoms with Gasteiger partial charge in [-0.2, -0.15) is 26.2 Å². The second-order valence-corrected chi connectivity index (χ2v) is 14.2. The Morgan fingerprint density at radius 1 is 1.02 bits per heavy atom. The summed E-state index contributed by atoms with van der Waals surface area (Å²) in [5.41, 5.74) is 7.21.